The third-order valence-corrected chi connectivity index (χ3v) is 3.91. The number of para-hydroxylation sites is 1. The minimum absolute atomic E-state index is 0.191. The highest BCUT2D eigenvalue weighted by molar-refractivity contribution is 6.31. The van der Waals surface area contributed by atoms with Crippen LogP contribution < -0.4 is 4.74 Å². The molecule has 2 aromatic carbocycles. The number of esters is 1. The summed E-state index contributed by atoms with van der Waals surface area (Å²) in [6.07, 6.45) is 0.650. The Bertz CT molecular complexity index is 654. The minimum Gasteiger partial charge on any atom is -0.492 e. The van der Waals surface area contributed by atoms with Gasteiger partial charge in [0.2, 0.25) is 0 Å². The van der Waals surface area contributed by atoms with Crippen molar-refractivity contribution >= 4 is 17.6 Å². The van der Waals surface area contributed by atoms with Crippen molar-refractivity contribution in [3.05, 3.63) is 64.7 Å². The van der Waals surface area contributed by atoms with Crippen LogP contribution in [0.4, 0.5) is 0 Å². The molecule has 3 rings (SSSR count). The number of hydrogen-bond donors (Lipinski definition) is 0. The molecule has 0 bridgehead atoms. The third kappa shape index (κ3) is 3.19. The van der Waals surface area contributed by atoms with E-state index in [2.05, 4.69) is 0 Å². The summed E-state index contributed by atoms with van der Waals surface area (Å²) in [5, 5.41) is 0.607. The Hall–Kier alpha value is -2.00. The molecule has 0 saturated carbocycles. The van der Waals surface area contributed by atoms with Crippen LogP contribution in [-0.2, 0) is 22.6 Å². The first-order valence-electron chi connectivity index (χ1n) is 6.85. The summed E-state index contributed by atoms with van der Waals surface area (Å²) >= 11 is 6.04. The molecule has 4 heteroatoms. The molecule has 0 radical (unpaired) electrons. The number of halogens is 1. The zero-order valence-corrected chi connectivity index (χ0v) is 12.2. The van der Waals surface area contributed by atoms with Crippen LogP contribution in [0.2, 0.25) is 5.02 Å². The van der Waals surface area contributed by atoms with Gasteiger partial charge in [-0.25, -0.2) is 0 Å². The van der Waals surface area contributed by atoms with Gasteiger partial charge >= 0.3 is 5.97 Å². The molecule has 1 unspecified atom stereocenters. The van der Waals surface area contributed by atoms with Crippen LogP contribution >= 0.6 is 11.6 Å². The molecule has 3 nitrogen and oxygen atoms in total. The molecule has 2 aromatic rings. The van der Waals surface area contributed by atoms with E-state index >= 15 is 0 Å². The Morgan fingerprint density at radius 1 is 1.19 bits per heavy atom. The predicted molar refractivity (Wildman–Crippen MR) is 80.4 cm³/mol. The molecular formula is C17H15ClO3. The van der Waals surface area contributed by atoms with Gasteiger partial charge in [0.15, 0.2) is 0 Å². The van der Waals surface area contributed by atoms with Gasteiger partial charge in [0, 0.05) is 10.6 Å². The van der Waals surface area contributed by atoms with Crippen LogP contribution in [0.1, 0.15) is 11.1 Å². The van der Waals surface area contributed by atoms with E-state index in [9.17, 15) is 4.79 Å². The van der Waals surface area contributed by atoms with Gasteiger partial charge in [-0.3, -0.25) is 4.79 Å². The lowest BCUT2D eigenvalue weighted by molar-refractivity contribution is -0.151. The summed E-state index contributed by atoms with van der Waals surface area (Å²) in [5.74, 6) is 0.347. The van der Waals surface area contributed by atoms with Gasteiger partial charge in [0.1, 0.15) is 19.0 Å². The van der Waals surface area contributed by atoms with Crippen LogP contribution in [0.3, 0.4) is 0 Å². The molecule has 0 N–H and O–H groups in total. The summed E-state index contributed by atoms with van der Waals surface area (Å²) in [7, 11) is 0. The molecule has 1 aliphatic heterocycles. The quantitative estimate of drug-likeness (QED) is 0.812. The van der Waals surface area contributed by atoms with Gasteiger partial charge in [-0.2, -0.15) is 0 Å². The lowest BCUT2D eigenvalue weighted by atomic mass is 9.97. The maximum Gasteiger partial charge on any atom is 0.313 e. The van der Waals surface area contributed by atoms with E-state index in [1.165, 1.54) is 0 Å². The van der Waals surface area contributed by atoms with Crippen LogP contribution in [0.15, 0.2) is 48.5 Å². The lowest BCUT2D eigenvalue weighted by Gasteiger charge is -2.23. The highest BCUT2D eigenvalue weighted by Gasteiger charge is 2.27. The number of hydrogen-bond acceptors (Lipinski definition) is 3. The monoisotopic (exact) mass is 302 g/mol. The van der Waals surface area contributed by atoms with Gasteiger partial charge in [0.05, 0.1) is 5.92 Å². The summed E-state index contributed by atoms with van der Waals surface area (Å²) in [6.45, 7) is 0.551. The van der Waals surface area contributed by atoms with Crippen LogP contribution in [0.5, 0.6) is 5.75 Å². The van der Waals surface area contributed by atoms with Crippen molar-refractivity contribution in [3.8, 4) is 5.75 Å². The topological polar surface area (TPSA) is 35.5 Å². The molecule has 21 heavy (non-hydrogen) atoms. The first kappa shape index (κ1) is 14.0. The predicted octanol–water partition coefficient (Wildman–Crippen LogP) is 3.63. The van der Waals surface area contributed by atoms with Crippen molar-refractivity contribution in [1.29, 1.82) is 0 Å². The second kappa shape index (κ2) is 6.19. The molecule has 0 amide bonds. The molecule has 0 spiro atoms. The van der Waals surface area contributed by atoms with Gasteiger partial charge < -0.3 is 9.47 Å². The van der Waals surface area contributed by atoms with Gasteiger partial charge in [-0.1, -0.05) is 48.0 Å². The Morgan fingerprint density at radius 2 is 1.95 bits per heavy atom. The fourth-order valence-electron chi connectivity index (χ4n) is 2.36. The van der Waals surface area contributed by atoms with Gasteiger partial charge in [-0.05, 0) is 24.1 Å². The SMILES string of the molecule is O=C(OCc1ccccc1Cl)C1COc2ccccc2C1. The maximum atomic E-state index is 12.1. The van der Waals surface area contributed by atoms with Crippen molar-refractivity contribution in [3.63, 3.8) is 0 Å². The molecule has 0 aromatic heterocycles. The first-order chi connectivity index (χ1) is 10.2. The molecular weight excluding hydrogens is 288 g/mol. The number of carbonyl (C=O) groups is 1. The van der Waals surface area contributed by atoms with E-state index in [1.54, 1.807) is 6.07 Å². The van der Waals surface area contributed by atoms with Crippen molar-refractivity contribution in [2.24, 2.45) is 5.92 Å². The smallest absolute Gasteiger partial charge is 0.313 e. The second-order valence-electron chi connectivity index (χ2n) is 5.02. The Kier molecular flexibility index (Phi) is 4.11. The van der Waals surface area contributed by atoms with Crippen LogP contribution in [0.25, 0.3) is 0 Å². The van der Waals surface area contributed by atoms with E-state index in [-0.39, 0.29) is 18.5 Å². The van der Waals surface area contributed by atoms with Crippen molar-refractivity contribution in [2.45, 2.75) is 13.0 Å². The molecule has 0 aliphatic carbocycles. The molecule has 0 fully saturated rings. The fraction of sp³-hybridized carbons (Fsp3) is 0.235. The van der Waals surface area contributed by atoms with E-state index in [0.29, 0.717) is 18.1 Å². The number of carbonyl (C=O) groups excluding carboxylic acids is 1. The van der Waals surface area contributed by atoms with E-state index in [4.69, 9.17) is 21.1 Å². The standard InChI is InChI=1S/C17H15ClO3/c18-15-7-3-1-6-13(15)10-21-17(19)14-9-12-5-2-4-8-16(12)20-11-14/h1-8,14H,9-11H2. The highest BCUT2D eigenvalue weighted by atomic mass is 35.5. The molecule has 1 atom stereocenters. The Balaban J connectivity index is 1.61. The first-order valence-corrected chi connectivity index (χ1v) is 7.22. The van der Waals surface area contributed by atoms with Crippen molar-refractivity contribution < 1.29 is 14.3 Å². The van der Waals surface area contributed by atoms with Gasteiger partial charge in [0.25, 0.3) is 0 Å². The lowest BCUT2D eigenvalue weighted by Crippen LogP contribution is -2.29. The normalized spacial score (nSPS) is 16.7. The Morgan fingerprint density at radius 3 is 2.81 bits per heavy atom. The zero-order chi connectivity index (χ0) is 14.7. The third-order valence-electron chi connectivity index (χ3n) is 3.54. The molecule has 1 heterocycles. The van der Waals surface area contributed by atoms with E-state index in [0.717, 1.165) is 16.9 Å². The average Bonchev–Trinajstić information content (AvgIpc) is 2.53. The van der Waals surface area contributed by atoms with E-state index in [1.807, 2.05) is 42.5 Å². The number of ether oxygens (including phenoxy) is 2. The second-order valence-corrected chi connectivity index (χ2v) is 5.43. The average molecular weight is 303 g/mol. The summed E-state index contributed by atoms with van der Waals surface area (Å²) < 4.78 is 11.0. The number of rotatable bonds is 3. The number of fused-ring (bicyclic) bond motifs is 1. The van der Waals surface area contributed by atoms with Crippen LogP contribution in [0, 0.1) is 5.92 Å². The minimum atomic E-state index is -0.262. The summed E-state index contributed by atoms with van der Waals surface area (Å²) in [6, 6.07) is 15.1. The molecule has 0 saturated heterocycles. The largest absolute Gasteiger partial charge is 0.492 e. The van der Waals surface area contributed by atoms with Gasteiger partial charge in [-0.15, -0.1) is 0 Å². The fourth-order valence-corrected chi connectivity index (χ4v) is 2.55. The van der Waals surface area contributed by atoms with Crippen molar-refractivity contribution in [2.75, 3.05) is 6.61 Å². The van der Waals surface area contributed by atoms with Crippen molar-refractivity contribution in [1.82, 2.24) is 0 Å². The molecule has 1 aliphatic rings. The van der Waals surface area contributed by atoms with E-state index < -0.39 is 0 Å². The Labute approximate surface area is 128 Å². The summed E-state index contributed by atoms with van der Waals surface area (Å²) in [4.78, 5) is 12.1. The van der Waals surface area contributed by atoms with Crippen LogP contribution in [-0.4, -0.2) is 12.6 Å². The highest BCUT2D eigenvalue weighted by Crippen LogP contribution is 2.27. The summed E-state index contributed by atoms with van der Waals surface area (Å²) in [5.41, 5.74) is 1.85. The maximum absolute atomic E-state index is 12.1. The zero-order valence-electron chi connectivity index (χ0n) is 11.4. The number of benzene rings is 2. The molecule has 108 valence electrons.